The third kappa shape index (κ3) is 5.46. The van der Waals surface area contributed by atoms with Crippen molar-refractivity contribution < 1.29 is 18.7 Å². The molecule has 1 fully saturated rings. The van der Waals surface area contributed by atoms with E-state index in [0.717, 1.165) is 80.0 Å². The fourth-order valence-electron chi connectivity index (χ4n) is 4.40. The van der Waals surface area contributed by atoms with Crippen LogP contribution < -0.4 is 24.4 Å². The Balaban J connectivity index is 1.01. The van der Waals surface area contributed by atoms with Crippen LogP contribution in [0.4, 0.5) is 5.69 Å². The number of fused-ring (bicyclic) bond motifs is 1. The van der Waals surface area contributed by atoms with Gasteiger partial charge in [-0.05, 0) is 62.0 Å². The lowest BCUT2D eigenvalue weighted by atomic mass is 10.1. The second-order valence-electron chi connectivity index (χ2n) is 8.59. The van der Waals surface area contributed by atoms with Gasteiger partial charge in [0.05, 0.1) is 13.7 Å². The summed E-state index contributed by atoms with van der Waals surface area (Å²) in [5, 5.41) is 7.69. The van der Waals surface area contributed by atoms with E-state index < -0.39 is 0 Å². The number of ether oxygens (including phenoxy) is 3. The Morgan fingerprint density at radius 2 is 1.74 bits per heavy atom. The minimum Gasteiger partial charge on any atom is -0.497 e. The number of nitrogens with zero attached hydrogens (tertiary/aromatic N) is 3. The van der Waals surface area contributed by atoms with E-state index in [9.17, 15) is 0 Å². The normalized spacial score (nSPS) is 16.0. The molecule has 3 heterocycles. The lowest BCUT2D eigenvalue weighted by Gasteiger charge is -2.36. The van der Waals surface area contributed by atoms with E-state index in [1.807, 2.05) is 36.4 Å². The molecule has 0 unspecified atom stereocenters. The summed E-state index contributed by atoms with van der Waals surface area (Å²) in [6.45, 7) is 8.17. The second kappa shape index (κ2) is 10.8. The molecule has 0 spiro atoms. The van der Waals surface area contributed by atoms with Crippen molar-refractivity contribution >= 4 is 5.69 Å². The van der Waals surface area contributed by atoms with E-state index in [4.69, 9.17) is 18.7 Å². The van der Waals surface area contributed by atoms with E-state index in [1.54, 1.807) is 7.11 Å². The Hall–Kier alpha value is -3.23. The Morgan fingerprint density at radius 1 is 0.941 bits per heavy atom. The summed E-state index contributed by atoms with van der Waals surface area (Å²) in [6.07, 6.45) is 1.10. The first kappa shape index (κ1) is 22.6. The molecule has 1 N–H and O–H groups in total. The van der Waals surface area contributed by atoms with Crippen LogP contribution in [0.1, 0.15) is 12.2 Å². The zero-order valence-electron chi connectivity index (χ0n) is 19.7. The number of methoxy groups -OCH3 is 1. The maximum atomic E-state index is 5.66. The molecule has 2 aromatic carbocycles. The van der Waals surface area contributed by atoms with Crippen LogP contribution in [0.25, 0.3) is 11.3 Å². The highest BCUT2D eigenvalue weighted by molar-refractivity contribution is 5.64. The van der Waals surface area contributed by atoms with Crippen LogP contribution in [0.15, 0.2) is 53.1 Å². The maximum absolute atomic E-state index is 5.66. The number of piperazine rings is 1. The van der Waals surface area contributed by atoms with Gasteiger partial charge in [-0.1, -0.05) is 5.16 Å². The van der Waals surface area contributed by atoms with Crippen LogP contribution >= 0.6 is 0 Å². The molecule has 2 aliphatic rings. The lowest BCUT2D eigenvalue weighted by Crippen LogP contribution is -2.46. The van der Waals surface area contributed by atoms with Crippen LogP contribution in [0, 0.1) is 0 Å². The van der Waals surface area contributed by atoms with Crippen LogP contribution in [-0.2, 0) is 6.54 Å². The van der Waals surface area contributed by atoms with E-state index in [0.29, 0.717) is 19.8 Å². The van der Waals surface area contributed by atoms with E-state index in [2.05, 4.69) is 32.4 Å². The molecule has 0 bridgehead atoms. The molecule has 2 aliphatic heterocycles. The predicted octanol–water partition coefficient (Wildman–Crippen LogP) is 3.42. The van der Waals surface area contributed by atoms with Gasteiger partial charge in [-0.25, -0.2) is 0 Å². The Morgan fingerprint density at radius 3 is 2.53 bits per heavy atom. The number of nitrogens with one attached hydrogen (secondary N) is 1. The van der Waals surface area contributed by atoms with Crippen molar-refractivity contribution in [2.75, 3.05) is 64.5 Å². The Kier molecular flexibility index (Phi) is 7.16. The standard InChI is InChI=1S/C26H32N4O4/c1-31-22-6-4-21(5-7-22)30-13-11-29(12-14-30)10-2-9-27-19-23-18-24(28-34-23)20-3-8-25-26(17-20)33-16-15-32-25/h3-8,17-18,27H,2,9-16,19H2,1H3. The summed E-state index contributed by atoms with van der Waals surface area (Å²) in [6, 6.07) is 16.2. The van der Waals surface area contributed by atoms with Crippen molar-refractivity contribution in [2.24, 2.45) is 0 Å². The summed E-state index contributed by atoms with van der Waals surface area (Å²) >= 11 is 0. The number of hydrogen-bond acceptors (Lipinski definition) is 8. The fourth-order valence-corrected chi connectivity index (χ4v) is 4.40. The molecular weight excluding hydrogens is 432 g/mol. The van der Waals surface area contributed by atoms with Crippen molar-refractivity contribution in [3.63, 3.8) is 0 Å². The minimum atomic E-state index is 0.572. The summed E-state index contributed by atoms with van der Waals surface area (Å²) in [5.74, 6) is 3.27. The highest BCUT2D eigenvalue weighted by Gasteiger charge is 2.17. The molecule has 8 heteroatoms. The summed E-state index contributed by atoms with van der Waals surface area (Å²) in [5.41, 5.74) is 3.04. The first-order valence-corrected chi connectivity index (χ1v) is 12.0. The summed E-state index contributed by atoms with van der Waals surface area (Å²) in [4.78, 5) is 4.98. The summed E-state index contributed by atoms with van der Waals surface area (Å²) < 4.78 is 22.0. The highest BCUT2D eigenvalue weighted by Crippen LogP contribution is 2.34. The predicted molar refractivity (Wildman–Crippen MR) is 131 cm³/mol. The van der Waals surface area contributed by atoms with Gasteiger partial charge in [0.2, 0.25) is 0 Å². The van der Waals surface area contributed by atoms with Crippen molar-refractivity contribution in [1.29, 1.82) is 0 Å². The molecule has 8 nitrogen and oxygen atoms in total. The minimum absolute atomic E-state index is 0.572. The average molecular weight is 465 g/mol. The molecule has 0 radical (unpaired) electrons. The van der Waals surface area contributed by atoms with Crippen LogP contribution in [-0.4, -0.2) is 69.6 Å². The smallest absolute Gasteiger partial charge is 0.162 e. The van der Waals surface area contributed by atoms with Crippen molar-refractivity contribution in [1.82, 2.24) is 15.4 Å². The van der Waals surface area contributed by atoms with Gasteiger partial charge in [-0.15, -0.1) is 0 Å². The quantitative estimate of drug-likeness (QED) is 0.483. The lowest BCUT2D eigenvalue weighted by molar-refractivity contribution is 0.171. The molecule has 5 rings (SSSR count). The van der Waals surface area contributed by atoms with Gasteiger partial charge in [0, 0.05) is 43.5 Å². The molecule has 0 saturated carbocycles. The maximum Gasteiger partial charge on any atom is 0.162 e. The number of benzene rings is 2. The van der Waals surface area contributed by atoms with Gasteiger partial charge in [-0.3, -0.25) is 4.90 Å². The number of aromatic nitrogens is 1. The van der Waals surface area contributed by atoms with Crippen LogP contribution in [0.5, 0.6) is 17.2 Å². The summed E-state index contributed by atoms with van der Waals surface area (Å²) in [7, 11) is 1.70. The first-order chi connectivity index (χ1) is 16.8. The van der Waals surface area contributed by atoms with Crippen LogP contribution in [0.3, 0.4) is 0 Å². The van der Waals surface area contributed by atoms with Gasteiger partial charge in [-0.2, -0.15) is 0 Å². The Labute approximate surface area is 200 Å². The molecule has 1 saturated heterocycles. The fraction of sp³-hybridized carbons (Fsp3) is 0.423. The molecule has 180 valence electrons. The molecule has 0 atom stereocenters. The zero-order valence-corrected chi connectivity index (χ0v) is 19.7. The van der Waals surface area contributed by atoms with Crippen molar-refractivity contribution in [3.05, 3.63) is 54.3 Å². The number of anilines is 1. The van der Waals surface area contributed by atoms with Gasteiger partial charge in [0.15, 0.2) is 17.3 Å². The first-order valence-electron chi connectivity index (χ1n) is 12.0. The van der Waals surface area contributed by atoms with E-state index in [-0.39, 0.29) is 0 Å². The molecular formula is C26H32N4O4. The average Bonchev–Trinajstić information content (AvgIpc) is 3.38. The number of hydrogen-bond donors (Lipinski definition) is 1. The van der Waals surface area contributed by atoms with Crippen LogP contribution in [0.2, 0.25) is 0 Å². The second-order valence-corrected chi connectivity index (χ2v) is 8.59. The highest BCUT2D eigenvalue weighted by atomic mass is 16.6. The third-order valence-electron chi connectivity index (χ3n) is 6.33. The van der Waals surface area contributed by atoms with Gasteiger partial charge < -0.3 is 29.0 Å². The third-order valence-corrected chi connectivity index (χ3v) is 6.33. The van der Waals surface area contributed by atoms with Gasteiger partial charge in [0.1, 0.15) is 24.7 Å². The van der Waals surface area contributed by atoms with Crippen molar-refractivity contribution in [3.8, 4) is 28.5 Å². The SMILES string of the molecule is COc1ccc(N2CCN(CCCNCc3cc(-c4ccc5c(c4)OCCO5)no3)CC2)cc1. The molecule has 3 aromatic rings. The monoisotopic (exact) mass is 464 g/mol. The molecule has 0 aliphatic carbocycles. The van der Waals surface area contributed by atoms with Gasteiger partial charge in [0.25, 0.3) is 0 Å². The molecule has 1 aromatic heterocycles. The van der Waals surface area contributed by atoms with E-state index >= 15 is 0 Å². The van der Waals surface area contributed by atoms with Gasteiger partial charge >= 0.3 is 0 Å². The molecule has 34 heavy (non-hydrogen) atoms. The number of rotatable bonds is 9. The van der Waals surface area contributed by atoms with E-state index in [1.165, 1.54) is 5.69 Å². The topological polar surface area (TPSA) is 72.2 Å². The Bertz CT molecular complexity index is 1060. The zero-order chi connectivity index (χ0) is 23.2. The van der Waals surface area contributed by atoms with Crippen molar-refractivity contribution in [2.45, 2.75) is 13.0 Å². The molecule has 0 amide bonds. The largest absolute Gasteiger partial charge is 0.497 e.